The van der Waals surface area contributed by atoms with Gasteiger partial charge in [0.1, 0.15) is 0 Å². The molecule has 0 saturated heterocycles. The maximum absolute atomic E-state index is 10.3. The number of aliphatic carboxylic acids is 1. The molecular formula is C9H18CsO6P. The van der Waals surface area contributed by atoms with Crippen LogP contribution in [-0.4, -0.2) is 20.9 Å². The van der Waals surface area contributed by atoms with Crippen molar-refractivity contribution in [1.29, 1.82) is 0 Å². The molecule has 0 spiro atoms. The van der Waals surface area contributed by atoms with Gasteiger partial charge in [0, 0.05) is 5.57 Å². The van der Waals surface area contributed by atoms with Gasteiger partial charge in [-0.05, 0) is 19.8 Å². The fourth-order valence-electron chi connectivity index (χ4n) is 0.800. The second-order valence-electron chi connectivity index (χ2n) is 3.18. The monoisotopic (exact) mass is 386 g/mol. The van der Waals surface area contributed by atoms with Crippen molar-refractivity contribution < 1.29 is 98.0 Å². The Morgan fingerprint density at radius 2 is 1.76 bits per heavy atom. The van der Waals surface area contributed by atoms with Gasteiger partial charge in [-0.3, -0.25) is 4.57 Å². The van der Waals surface area contributed by atoms with Crippen molar-refractivity contribution in [1.82, 2.24) is 0 Å². The van der Waals surface area contributed by atoms with E-state index in [0.29, 0.717) is 5.57 Å². The van der Waals surface area contributed by atoms with Gasteiger partial charge in [-0.15, -0.1) is 0 Å². The molecule has 0 saturated carbocycles. The molecule has 17 heavy (non-hydrogen) atoms. The van der Waals surface area contributed by atoms with Gasteiger partial charge in [-0.2, -0.15) is 0 Å². The number of unbranched alkanes of at least 4 members (excludes halogenated alkanes) is 3. The standard InChI is InChI=1S/C9H16O2.Cs.H3O4P/c1-3-4-5-6-7-8(2)9(10)11;;1-5(2,3)4/h7H,3-6H2,1-2H3,(H,10,11);;(H3,1,2,3,4)/q;+1;/p-1. The van der Waals surface area contributed by atoms with Gasteiger partial charge >= 0.3 is 74.9 Å². The van der Waals surface area contributed by atoms with Crippen LogP contribution >= 0.6 is 7.82 Å². The number of carbonyl (C=O) groups is 1. The normalized spacial score (nSPS) is 11.0. The third-order valence-electron chi connectivity index (χ3n) is 1.60. The number of carboxylic acids is 1. The Bertz CT molecular complexity index is 264. The molecule has 8 heteroatoms. The minimum Gasteiger partial charge on any atom is -0.756 e. The van der Waals surface area contributed by atoms with E-state index in [1.807, 2.05) is 0 Å². The number of rotatable bonds is 5. The van der Waals surface area contributed by atoms with Crippen molar-refractivity contribution in [2.24, 2.45) is 0 Å². The largest absolute Gasteiger partial charge is 1.00 e. The van der Waals surface area contributed by atoms with Gasteiger partial charge in [-0.25, -0.2) is 4.79 Å². The van der Waals surface area contributed by atoms with E-state index in [-0.39, 0.29) is 68.9 Å². The average molecular weight is 386 g/mol. The van der Waals surface area contributed by atoms with E-state index < -0.39 is 13.8 Å². The van der Waals surface area contributed by atoms with Crippen LogP contribution < -0.4 is 73.8 Å². The first-order valence-electron chi connectivity index (χ1n) is 4.85. The molecule has 3 N–H and O–H groups in total. The van der Waals surface area contributed by atoms with E-state index in [2.05, 4.69) is 6.92 Å². The van der Waals surface area contributed by atoms with Crippen LogP contribution in [0.4, 0.5) is 0 Å². The smallest absolute Gasteiger partial charge is 0.756 e. The molecule has 0 unspecified atom stereocenters. The molecule has 0 atom stereocenters. The van der Waals surface area contributed by atoms with Gasteiger partial charge < -0.3 is 19.8 Å². The number of allylic oxidation sites excluding steroid dienone is 1. The maximum atomic E-state index is 10.3. The predicted molar refractivity (Wildman–Crippen MR) is 57.6 cm³/mol. The quantitative estimate of drug-likeness (QED) is 0.287. The van der Waals surface area contributed by atoms with Crippen molar-refractivity contribution in [3.8, 4) is 0 Å². The van der Waals surface area contributed by atoms with Crippen LogP contribution in [0.15, 0.2) is 11.6 Å². The number of hydrogen-bond acceptors (Lipinski definition) is 3. The molecule has 0 radical (unpaired) electrons. The molecule has 0 heterocycles. The third kappa shape index (κ3) is 31.7. The first-order chi connectivity index (χ1) is 7.18. The second-order valence-corrected chi connectivity index (χ2v) is 4.16. The van der Waals surface area contributed by atoms with E-state index in [4.69, 9.17) is 24.4 Å². The van der Waals surface area contributed by atoms with Crippen LogP contribution in [0.2, 0.25) is 0 Å². The molecule has 0 aliphatic carbocycles. The Kier molecular flexibility index (Phi) is 19.0. The summed E-state index contributed by atoms with van der Waals surface area (Å²) >= 11 is 0. The van der Waals surface area contributed by atoms with Crippen molar-refractivity contribution >= 4 is 13.8 Å². The molecule has 0 fully saturated rings. The summed E-state index contributed by atoms with van der Waals surface area (Å²) in [7, 11) is -4.89. The van der Waals surface area contributed by atoms with E-state index in [9.17, 15) is 4.79 Å². The molecule has 0 aromatic carbocycles. The number of phosphoric acid groups is 1. The zero-order chi connectivity index (χ0) is 13.2. The first kappa shape index (κ1) is 23.5. The summed E-state index contributed by atoms with van der Waals surface area (Å²) in [5.74, 6) is -0.804. The molecule has 0 aliphatic rings. The fourth-order valence-corrected chi connectivity index (χ4v) is 0.800. The molecule has 6 nitrogen and oxygen atoms in total. The summed E-state index contributed by atoms with van der Waals surface area (Å²) in [5.41, 5.74) is 0.459. The van der Waals surface area contributed by atoms with Crippen LogP contribution in [0.3, 0.4) is 0 Å². The summed E-state index contributed by atoms with van der Waals surface area (Å²) in [6.45, 7) is 3.77. The predicted octanol–water partition coefficient (Wildman–Crippen LogP) is -1.96. The molecule has 0 rings (SSSR count). The number of carboxylic acid groups (broad SMARTS) is 1. The summed E-state index contributed by atoms with van der Waals surface area (Å²) < 4.78 is 8.77. The van der Waals surface area contributed by atoms with E-state index in [0.717, 1.165) is 12.8 Å². The molecule has 96 valence electrons. The topological polar surface area (TPSA) is 118 Å². The van der Waals surface area contributed by atoms with Crippen LogP contribution in [0.5, 0.6) is 0 Å². The Morgan fingerprint density at radius 3 is 2.06 bits per heavy atom. The van der Waals surface area contributed by atoms with Crippen LogP contribution in [0.25, 0.3) is 0 Å². The van der Waals surface area contributed by atoms with Crippen molar-refractivity contribution in [2.45, 2.75) is 39.5 Å². The van der Waals surface area contributed by atoms with Crippen LogP contribution in [0.1, 0.15) is 39.5 Å². The molecule has 0 amide bonds. The first-order valence-corrected chi connectivity index (χ1v) is 6.38. The van der Waals surface area contributed by atoms with Gasteiger partial charge in [0.15, 0.2) is 0 Å². The average Bonchev–Trinajstić information content (AvgIpc) is 2.09. The molecule has 0 bridgehead atoms. The van der Waals surface area contributed by atoms with Crippen molar-refractivity contribution in [2.75, 3.05) is 0 Å². The second kappa shape index (κ2) is 13.8. The summed E-state index contributed by atoms with van der Waals surface area (Å²) in [4.78, 5) is 33.2. The summed E-state index contributed by atoms with van der Waals surface area (Å²) in [5, 5.41) is 8.47. The molecule has 0 aromatic rings. The zero-order valence-electron chi connectivity index (χ0n) is 10.4. The minimum absolute atomic E-state index is 0. The van der Waals surface area contributed by atoms with Crippen molar-refractivity contribution in [3.05, 3.63) is 11.6 Å². The Labute approximate surface area is 160 Å². The van der Waals surface area contributed by atoms with Crippen molar-refractivity contribution in [3.63, 3.8) is 0 Å². The van der Waals surface area contributed by atoms with E-state index >= 15 is 0 Å². The summed E-state index contributed by atoms with van der Waals surface area (Å²) in [6.07, 6.45) is 6.15. The van der Waals surface area contributed by atoms with E-state index in [1.165, 1.54) is 12.8 Å². The van der Waals surface area contributed by atoms with Gasteiger partial charge in [0.25, 0.3) is 7.82 Å². The molecule has 0 aliphatic heterocycles. The maximum Gasteiger partial charge on any atom is 1.00 e. The van der Waals surface area contributed by atoms with Crippen LogP contribution in [-0.2, 0) is 9.36 Å². The Morgan fingerprint density at radius 1 is 1.35 bits per heavy atom. The van der Waals surface area contributed by atoms with E-state index in [1.54, 1.807) is 13.0 Å². The van der Waals surface area contributed by atoms with Gasteiger partial charge in [0.2, 0.25) is 0 Å². The van der Waals surface area contributed by atoms with Crippen LogP contribution in [0, 0.1) is 0 Å². The third-order valence-corrected chi connectivity index (χ3v) is 1.60. The molecule has 0 aromatic heterocycles. The van der Waals surface area contributed by atoms with Gasteiger partial charge in [-0.1, -0.05) is 25.8 Å². The summed E-state index contributed by atoms with van der Waals surface area (Å²) in [6, 6.07) is 0. The molecular weight excluding hydrogens is 368 g/mol. The fraction of sp³-hybridized carbons (Fsp3) is 0.667. The minimum atomic E-state index is -4.89. The Balaban J connectivity index is -0.000000280. The SMILES string of the molecule is CCCCCC=C(C)C(=O)O.O=P([O-])(O)O.[Cs+]. The zero-order valence-corrected chi connectivity index (χ0v) is 17.6. The van der Waals surface area contributed by atoms with Gasteiger partial charge in [0.05, 0.1) is 0 Å². The number of hydrogen-bond donors (Lipinski definition) is 3. The Hall–Kier alpha value is 1.37.